The monoisotopic (exact) mass is 635 g/mol. The number of hydrogen-bond acceptors (Lipinski definition) is 7. The summed E-state index contributed by atoms with van der Waals surface area (Å²) in [5.74, 6) is 0.830. The lowest BCUT2D eigenvalue weighted by atomic mass is 9.95. The molecule has 0 bridgehead atoms. The van der Waals surface area contributed by atoms with Crippen molar-refractivity contribution in [1.82, 2.24) is 4.57 Å². The number of halogens is 1. The quantitative estimate of drug-likeness (QED) is 0.228. The molecule has 0 spiro atoms. The van der Waals surface area contributed by atoms with Crippen LogP contribution in [-0.2, 0) is 11.4 Å². The maximum Gasteiger partial charge on any atom is 0.271 e. The van der Waals surface area contributed by atoms with Crippen LogP contribution in [0.1, 0.15) is 29.7 Å². The van der Waals surface area contributed by atoms with Gasteiger partial charge in [-0.1, -0.05) is 65.9 Å². The first kappa shape index (κ1) is 30.5. The minimum Gasteiger partial charge on any atom is -0.497 e. The summed E-state index contributed by atoms with van der Waals surface area (Å²) in [6.45, 7) is 1.81. The number of hydrogen-bond donors (Lipinski definition) is 1. The number of para-hydroxylation sites is 1. The second-order valence-electron chi connectivity index (χ2n) is 10.5. The standard InChI is InChI=1S/C36H30FN3O5S/c1-22-32(34(41)39-26-10-5-4-6-11-26)33(24-14-16-27(43-2)17-15-24)40-35(42)31(46-36(40)38-22)20-23-13-18-29(30(19-23)44-3)45-21-25-9-7-8-12-28(25)37/h4-20,33H,21H2,1-3H3,(H,39,41)/t33-/m1/s1. The van der Waals surface area contributed by atoms with Gasteiger partial charge in [0.25, 0.3) is 11.5 Å². The van der Waals surface area contributed by atoms with Crippen molar-refractivity contribution in [3.05, 3.63) is 151 Å². The molecular weight excluding hydrogens is 605 g/mol. The number of rotatable bonds is 9. The third-order valence-electron chi connectivity index (χ3n) is 7.56. The number of nitrogens with one attached hydrogen (secondary N) is 1. The first-order valence-corrected chi connectivity index (χ1v) is 15.2. The minimum absolute atomic E-state index is 0.0336. The van der Waals surface area contributed by atoms with Gasteiger partial charge in [-0.05, 0) is 66.6 Å². The molecule has 0 radical (unpaired) electrons. The van der Waals surface area contributed by atoms with Crippen molar-refractivity contribution in [2.75, 3.05) is 19.5 Å². The summed E-state index contributed by atoms with van der Waals surface area (Å²) in [4.78, 5) is 33.0. The van der Waals surface area contributed by atoms with Crippen LogP contribution in [0.4, 0.5) is 10.1 Å². The molecule has 1 aliphatic rings. The van der Waals surface area contributed by atoms with Gasteiger partial charge in [-0.2, -0.15) is 0 Å². The molecule has 10 heteroatoms. The molecule has 0 saturated carbocycles. The van der Waals surface area contributed by atoms with Crippen LogP contribution in [0.5, 0.6) is 17.2 Å². The maximum absolute atomic E-state index is 14.1. The number of allylic oxidation sites excluding steroid dienone is 1. The van der Waals surface area contributed by atoms with E-state index in [1.807, 2.05) is 30.3 Å². The first-order valence-electron chi connectivity index (χ1n) is 14.4. The van der Waals surface area contributed by atoms with E-state index in [1.165, 1.54) is 24.5 Å². The number of anilines is 1. The molecular formula is C36H30FN3O5S. The Morgan fingerprint density at radius 2 is 1.70 bits per heavy atom. The first-order chi connectivity index (χ1) is 22.4. The van der Waals surface area contributed by atoms with E-state index >= 15 is 0 Å². The van der Waals surface area contributed by atoms with Crippen LogP contribution in [0, 0.1) is 5.82 Å². The molecule has 4 aromatic carbocycles. The molecule has 2 heterocycles. The zero-order valence-corrected chi connectivity index (χ0v) is 26.1. The zero-order valence-electron chi connectivity index (χ0n) is 25.3. The molecule has 1 amide bonds. The van der Waals surface area contributed by atoms with Gasteiger partial charge in [-0.15, -0.1) is 0 Å². The smallest absolute Gasteiger partial charge is 0.271 e. The molecule has 0 fully saturated rings. The Kier molecular flexibility index (Phi) is 8.80. The normalized spacial score (nSPS) is 14.3. The number of nitrogens with zero attached hydrogens (tertiary/aromatic N) is 2. The van der Waals surface area contributed by atoms with Crippen LogP contribution in [0.25, 0.3) is 6.08 Å². The van der Waals surface area contributed by atoms with Gasteiger partial charge in [0.15, 0.2) is 16.3 Å². The molecule has 0 saturated heterocycles. The highest BCUT2D eigenvalue weighted by Crippen LogP contribution is 2.32. The highest BCUT2D eigenvalue weighted by molar-refractivity contribution is 7.07. The summed E-state index contributed by atoms with van der Waals surface area (Å²) in [7, 11) is 3.10. The summed E-state index contributed by atoms with van der Waals surface area (Å²) in [5.41, 5.74) is 3.08. The summed E-state index contributed by atoms with van der Waals surface area (Å²) >= 11 is 1.24. The fraction of sp³-hybridized carbons (Fsp3) is 0.139. The molecule has 232 valence electrons. The van der Waals surface area contributed by atoms with Gasteiger partial charge < -0.3 is 19.5 Å². The molecule has 1 aliphatic heterocycles. The average Bonchev–Trinajstić information content (AvgIpc) is 3.38. The average molecular weight is 636 g/mol. The van der Waals surface area contributed by atoms with Crippen LogP contribution in [0.15, 0.2) is 118 Å². The highest BCUT2D eigenvalue weighted by atomic mass is 32.1. The molecule has 0 aliphatic carbocycles. The van der Waals surface area contributed by atoms with Gasteiger partial charge in [-0.25, -0.2) is 9.38 Å². The van der Waals surface area contributed by atoms with Gasteiger partial charge in [0.05, 0.1) is 36.1 Å². The van der Waals surface area contributed by atoms with Crippen molar-refractivity contribution < 1.29 is 23.4 Å². The zero-order chi connectivity index (χ0) is 32.2. The fourth-order valence-electron chi connectivity index (χ4n) is 5.25. The Bertz CT molecular complexity index is 2120. The fourth-order valence-corrected chi connectivity index (χ4v) is 6.30. The molecule has 8 nitrogen and oxygen atoms in total. The Hall–Kier alpha value is -5.48. The minimum atomic E-state index is -0.725. The van der Waals surface area contributed by atoms with E-state index in [0.717, 1.165) is 5.56 Å². The number of carbonyl (C=O) groups is 1. The number of fused-ring (bicyclic) bond motifs is 1. The van der Waals surface area contributed by atoms with Crippen LogP contribution in [0.2, 0.25) is 0 Å². The van der Waals surface area contributed by atoms with E-state index in [1.54, 1.807) is 85.3 Å². The van der Waals surface area contributed by atoms with E-state index in [4.69, 9.17) is 19.2 Å². The third-order valence-corrected chi connectivity index (χ3v) is 8.54. The van der Waals surface area contributed by atoms with Crippen molar-refractivity contribution in [3.8, 4) is 17.2 Å². The summed E-state index contributed by atoms with van der Waals surface area (Å²) in [5, 5.41) is 2.96. The molecule has 1 atom stereocenters. The second kappa shape index (κ2) is 13.3. The topological polar surface area (TPSA) is 91.2 Å². The van der Waals surface area contributed by atoms with Crippen LogP contribution >= 0.6 is 11.3 Å². The Labute approximate surface area is 268 Å². The predicted octanol–water partition coefficient (Wildman–Crippen LogP) is 5.61. The van der Waals surface area contributed by atoms with E-state index in [2.05, 4.69) is 5.32 Å². The van der Waals surface area contributed by atoms with E-state index in [9.17, 15) is 14.0 Å². The molecule has 1 N–H and O–H groups in total. The van der Waals surface area contributed by atoms with Crippen molar-refractivity contribution in [3.63, 3.8) is 0 Å². The largest absolute Gasteiger partial charge is 0.497 e. The molecule has 5 aromatic rings. The number of amides is 1. The highest BCUT2D eigenvalue weighted by Gasteiger charge is 2.32. The predicted molar refractivity (Wildman–Crippen MR) is 176 cm³/mol. The van der Waals surface area contributed by atoms with E-state index in [0.29, 0.717) is 54.7 Å². The lowest BCUT2D eigenvalue weighted by Crippen LogP contribution is -2.40. The second-order valence-corrected chi connectivity index (χ2v) is 11.5. The number of ether oxygens (including phenoxy) is 3. The molecule has 46 heavy (non-hydrogen) atoms. The molecule has 6 rings (SSSR count). The molecule has 0 unspecified atom stereocenters. The van der Waals surface area contributed by atoms with Crippen molar-refractivity contribution >= 4 is 29.0 Å². The number of carbonyl (C=O) groups excluding carboxylic acids is 1. The van der Waals surface area contributed by atoms with Gasteiger partial charge in [0.1, 0.15) is 18.2 Å². The van der Waals surface area contributed by atoms with Crippen LogP contribution in [-0.4, -0.2) is 24.7 Å². The van der Waals surface area contributed by atoms with Crippen molar-refractivity contribution in [1.29, 1.82) is 0 Å². The lowest BCUT2D eigenvalue weighted by molar-refractivity contribution is -0.113. The number of aromatic nitrogens is 1. The SMILES string of the molecule is COc1ccc([C@@H]2C(C(=O)Nc3ccccc3)=C(C)N=c3sc(=Cc4ccc(OCc5ccccc5F)c(OC)c4)c(=O)n32)cc1. The third kappa shape index (κ3) is 6.20. The maximum atomic E-state index is 14.1. The number of methoxy groups -OCH3 is 2. The van der Waals surface area contributed by atoms with Crippen molar-refractivity contribution in [2.24, 2.45) is 4.99 Å². The van der Waals surface area contributed by atoms with Gasteiger partial charge >= 0.3 is 0 Å². The molecule has 1 aromatic heterocycles. The lowest BCUT2D eigenvalue weighted by Gasteiger charge is -2.25. The number of benzene rings is 4. The van der Waals surface area contributed by atoms with E-state index < -0.39 is 6.04 Å². The van der Waals surface area contributed by atoms with Crippen molar-refractivity contribution in [2.45, 2.75) is 19.6 Å². The van der Waals surface area contributed by atoms with E-state index in [-0.39, 0.29) is 23.9 Å². The summed E-state index contributed by atoms with van der Waals surface area (Å²) in [6.07, 6.45) is 1.75. The number of thiazole rings is 1. The van der Waals surface area contributed by atoms with Gasteiger partial charge in [0.2, 0.25) is 0 Å². The van der Waals surface area contributed by atoms with Gasteiger partial charge in [0, 0.05) is 11.3 Å². The Morgan fingerprint density at radius 1 is 0.957 bits per heavy atom. The Morgan fingerprint density at radius 3 is 2.41 bits per heavy atom. The van der Waals surface area contributed by atoms with Crippen LogP contribution in [0.3, 0.4) is 0 Å². The van der Waals surface area contributed by atoms with Crippen LogP contribution < -0.4 is 34.4 Å². The summed E-state index contributed by atoms with van der Waals surface area (Å²) < 4.78 is 32.8. The summed E-state index contributed by atoms with van der Waals surface area (Å²) in [6, 6.07) is 27.4. The van der Waals surface area contributed by atoms with Gasteiger partial charge in [-0.3, -0.25) is 14.2 Å². The Balaban J connectivity index is 1.38.